The molecule has 0 saturated heterocycles. The molecule has 1 aliphatic heterocycles. The number of hydrogen-bond donors (Lipinski definition) is 3. The summed E-state index contributed by atoms with van der Waals surface area (Å²) in [5.74, 6) is 0.0757. The molecule has 2 aromatic rings. The summed E-state index contributed by atoms with van der Waals surface area (Å²) in [6.07, 6.45) is 0. The topological polar surface area (TPSA) is 106 Å². The lowest BCUT2D eigenvalue weighted by molar-refractivity contribution is -0.119. The predicted octanol–water partition coefficient (Wildman–Crippen LogP) is 1.66. The van der Waals surface area contributed by atoms with E-state index in [1.165, 1.54) is 0 Å². The molecular formula is C19H20N2O6. The van der Waals surface area contributed by atoms with Gasteiger partial charge >= 0.3 is 5.97 Å². The first-order chi connectivity index (χ1) is 13.2. The second-order valence-electron chi connectivity index (χ2n) is 5.68. The van der Waals surface area contributed by atoms with Gasteiger partial charge in [-0.05, 0) is 24.3 Å². The van der Waals surface area contributed by atoms with E-state index >= 15 is 0 Å². The number of nitrogens with one attached hydrogen (secondary N) is 2. The molecule has 0 bridgehead atoms. The van der Waals surface area contributed by atoms with E-state index in [2.05, 4.69) is 10.6 Å². The molecule has 1 heterocycles. The molecule has 0 atom stereocenters. The van der Waals surface area contributed by atoms with Gasteiger partial charge in [0.15, 0.2) is 18.1 Å². The van der Waals surface area contributed by atoms with Gasteiger partial charge in [-0.25, -0.2) is 4.79 Å². The number of esters is 1. The van der Waals surface area contributed by atoms with Crippen LogP contribution in [0.15, 0.2) is 42.5 Å². The lowest BCUT2D eigenvalue weighted by Crippen LogP contribution is -2.22. The highest BCUT2D eigenvalue weighted by Crippen LogP contribution is 2.32. The predicted molar refractivity (Wildman–Crippen MR) is 98.4 cm³/mol. The number of rotatable bonds is 7. The molecule has 8 nitrogen and oxygen atoms in total. The van der Waals surface area contributed by atoms with Crippen LogP contribution in [-0.4, -0.2) is 50.0 Å². The average Bonchev–Trinajstić information content (AvgIpc) is 2.70. The highest BCUT2D eigenvalue weighted by Gasteiger charge is 2.16. The third-order valence-electron chi connectivity index (χ3n) is 3.73. The van der Waals surface area contributed by atoms with E-state index in [-0.39, 0.29) is 12.2 Å². The van der Waals surface area contributed by atoms with Crippen molar-refractivity contribution in [2.75, 3.05) is 43.6 Å². The van der Waals surface area contributed by atoms with Crippen molar-refractivity contribution in [3.05, 3.63) is 48.0 Å². The Morgan fingerprint density at radius 2 is 1.85 bits per heavy atom. The van der Waals surface area contributed by atoms with Crippen LogP contribution >= 0.6 is 0 Å². The van der Waals surface area contributed by atoms with Crippen molar-refractivity contribution in [2.24, 2.45) is 0 Å². The molecule has 8 heteroatoms. The number of para-hydroxylation sites is 1. The summed E-state index contributed by atoms with van der Waals surface area (Å²) in [4.78, 5) is 24.3. The minimum absolute atomic E-state index is 0.0681. The number of amides is 1. The highest BCUT2D eigenvalue weighted by atomic mass is 16.6. The fourth-order valence-electron chi connectivity index (χ4n) is 2.53. The van der Waals surface area contributed by atoms with Crippen LogP contribution in [0, 0.1) is 0 Å². The molecule has 0 aromatic heterocycles. The average molecular weight is 372 g/mol. The molecule has 2 aromatic carbocycles. The number of aliphatic hydroxyl groups excluding tert-OH is 1. The Bertz CT molecular complexity index is 824. The van der Waals surface area contributed by atoms with Gasteiger partial charge in [0.05, 0.1) is 12.2 Å². The van der Waals surface area contributed by atoms with Gasteiger partial charge in [-0.2, -0.15) is 0 Å². The van der Waals surface area contributed by atoms with Crippen LogP contribution in [0.25, 0.3) is 0 Å². The monoisotopic (exact) mass is 372 g/mol. The molecule has 0 spiro atoms. The summed E-state index contributed by atoms with van der Waals surface area (Å²) < 4.78 is 16.0. The summed E-state index contributed by atoms with van der Waals surface area (Å²) in [7, 11) is 0. The SMILES string of the molecule is O=C(COC(=O)c1ccccc1NCCO)Nc1ccc2c(c1)OCCO2. The largest absolute Gasteiger partial charge is 0.486 e. The highest BCUT2D eigenvalue weighted by molar-refractivity contribution is 5.98. The van der Waals surface area contributed by atoms with Crippen LogP contribution in [0.4, 0.5) is 11.4 Å². The van der Waals surface area contributed by atoms with Crippen molar-refractivity contribution in [3.63, 3.8) is 0 Å². The molecule has 0 unspecified atom stereocenters. The van der Waals surface area contributed by atoms with Crippen LogP contribution in [0.5, 0.6) is 11.5 Å². The molecule has 0 aliphatic carbocycles. The zero-order chi connectivity index (χ0) is 19.1. The van der Waals surface area contributed by atoms with Crippen molar-refractivity contribution in [1.82, 2.24) is 0 Å². The first-order valence-corrected chi connectivity index (χ1v) is 8.48. The Hall–Kier alpha value is -3.26. The molecule has 142 valence electrons. The third-order valence-corrected chi connectivity index (χ3v) is 3.73. The smallest absolute Gasteiger partial charge is 0.340 e. The summed E-state index contributed by atoms with van der Waals surface area (Å²) >= 11 is 0. The number of carbonyl (C=O) groups is 2. The summed E-state index contributed by atoms with van der Waals surface area (Å²) in [5, 5.41) is 14.5. The van der Waals surface area contributed by atoms with Gasteiger partial charge in [0.1, 0.15) is 13.2 Å². The van der Waals surface area contributed by atoms with Crippen molar-refractivity contribution in [2.45, 2.75) is 0 Å². The van der Waals surface area contributed by atoms with E-state index < -0.39 is 18.5 Å². The Kier molecular flexibility index (Phi) is 6.11. The fraction of sp³-hybridized carbons (Fsp3) is 0.263. The molecule has 1 aliphatic rings. The van der Waals surface area contributed by atoms with Gasteiger partial charge in [-0.3, -0.25) is 4.79 Å². The van der Waals surface area contributed by atoms with Gasteiger partial charge in [0, 0.05) is 24.0 Å². The molecule has 0 saturated carbocycles. The van der Waals surface area contributed by atoms with Gasteiger partial charge in [-0.15, -0.1) is 0 Å². The van der Waals surface area contributed by atoms with Crippen molar-refractivity contribution in [1.29, 1.82) is 0 Å². The number of benzene rings is 2. The van der Waals surface area contributed by atoms with Crippen LogP contribution < -0.4 is 20.1 Å². The molecule has 27 heavy (non-hydrogen) atoms. The normalized spacial score (nSPS) is 12.2. The zero-order valence-corrected chi connectivity index (χ0v) is 14.6. The first kappa shape index (κ1) is 18.5. The quantitative estimate of drug-likeness (QED) is 0.635. The van der Waals surface area contributed by atoms with E-state index in [0.717, 1.165) is 0 Å². The molecule has 0 radical (unpaired) electrons. The summed E-state index contributed by atoms with van der Waals surface area (Å²) in [5.41, 5.74) is 1.34. The number of carbonyl (C=O) groups excluding carboxylic acids is 2. The first-order valence-electron chi connectivity index (χ1n) is 8.48. The second kappa shape index (κ2) is 8.91. The molecular weight excluding hydrogens is 352 g/mol. The van der Waals surface area contributed by atoms with E-state index in [4.69, 9.17) is 19.3 Å². The maximum Gasteiger partial charge on any atom is 0.340 e. The lowest BCUT2D eigenvalue weighted by Gasteiger charge is -2.19. The zero-order valence-electron chi connectivity index (χ0n) is 14.6. The fourth-order valence-corrected chi connectivity index (χ4v) is 2.53. The molecule has 3 rings (SSSR count). The van der Waals surface area contributed by atoms with E-state index in [1.54, 1.807) is 42.5 Å². The molecule has 0 fully saturated rings. The Morgan fingerprint density at radius 3 is 2.67 bits per heavy atom. The van der Waals surface area contributed by atoms with Gasteiger partial charge in [0.2, 0.25) is 0 Å². The minimum atomic E-state index is -0.631. The van der Waals surface area contributed by atoms with Crippen LogP contribution in [0.1, 0.15) is 10.4 Å². The third kappa shape index (κ3) is 4.89. The van der Waals surface area contributed by atoms with Crippen LogP contribution in [0.3, 0.4) is 0 Å². The maximum atomic E-state index is 12.2. The number of fused-ring (bicyclic) bond motifs is 1. The molecule has 1 amide bonds. The van der Waals surface area contributed by atoms with Gasteiger partial charge in [-0.1, -0.05) is 12.1 Å². The van der Waals surface area contributed by atoms with E-state index in [9.17, 15) is 9.59 Å². The van der Waals surface area contributed by atoms with Crippen molar-refractivity contribution >= 4 is 23.3 Å². The van der Waals surface area contributed by atoms with Gasteiger partial charge < -0.3 is 30.0 Å². The number of aliphatic hydroxyl groups is 1. The van der Waals surface area contributed by atoms with Crippen molar-refractivity contribution in [3.8, 4) is 11.5 Å². The number of hydrogen-bond acceptors (Lipinski definition) is 7. The van der Waals surface area contributed by atoms with Crippen LogP contribution in [0.2, 0.25) is 0 Å². The maximum absolute atomic E-state index is 12.2. The second-order valence-corrected chi connectivity index (χ2v) is 5.68. The number of anilines is 2. The summed E-state index contributed by atoms with van der Waals surface area (Å²) in [6.45, 7) is 0.743. The Labute approximate surface area is 156 Å². The van der Waals surface area contributed by atoms with Crippen molar-refractivity contribution < 1.29 is 28.9 Å². The summed E-state index contributed by atoms with van der Waals surface area (Å²) in [6, 6.07) is 11.8. The molecule has 3 N–H and O–H groups in total. The lowest BCUT2D eigenvalue weighted by atomic mass is 10.2. The van der Waals surface area contributed by atoms with Gasteiger partial charge in [0.25, 0.3) is 5.91 Å². The van der Waals surface area contributed by atoms with E-state index in [0.29, 0.717) is 42.6 Å². The Balaban J connectivity index is 1.55. The van der Waals surface area contributed by atoms with Crippen LogP contribution in [-0.2, 0) is 9.53 Å². The standard InChI is InChI=1S/C19H20N2O6/c22-8-7-20-15-4-2-1-3-14(15)19(24)27-12-18(23)21-13-5-6-16-17(11-13)26-10-9-25-16/h1-6,11,20,22H,7-10,12H2,(H,21,23). The van der Waals surface area contributed by atoms with E-state index in [1.807, 2.05) is 0 Å². The Morgan fingerprint density at radius 1 is 1.07 bits per heavy atom. The number of ether oxygens (including phenoxy) is 3. The minimum Gasteiger partial charge on any atom is -0.486 e.